The minimum Gasteiger partial charge on any atom is -0.335 e. The van der Waals surface area contributed by atoms with Gasteiger partial charge in [0.25, 0.3) is 5.91 Å². The summed E-state index contributed by atoms with van der Waals surface area (Å²) in [4.78, 5) is 17.8. The lowest BCUT2D eigenvalue weighted by atomic mass is 10.3. The average Bonchev–Trinajstić information content (AvgIpc) is 2.75. The SMILES string of the molecule is CCc1nc(C(=O)N(C)C(C)CSC)n[nH]1. The normalized spacial score (nSPS) is 12.5. The largest absolute Gasteiger partial charge is 0.335 e. The zero-order valence-corrected chi connectivity index (χ0v) is 11.0. The summed E-state index contributed by atoms with van der Waals surface area (Å²) in [7, 11) is 1.78. The van der Waals surface area contributed by atoms with Crippen molar-refractivity contribution in [2.24, 2.45) is 0 Å². The highest BCUT2D eigenvalue weighted by Gasteiger charge is 2.20. The topological polar surface area (TPSA) is 61.9 Å². The van der Waals surface area contributed by atoms with Gasteiger partial charge in [-0.05, 0) is 13.2 Å². The number of thioether (sulfide) groups is 1. The highest BCUT2D eigenvalue weighted by molar-refractivity contribution is 7.98. The van der Waals surface area contributed by atoms with Crippen molar-refractivity contribution in [3.8, 4) is 0 Å². The van der Waals surface area contributed by atoms with Crippen LogP contribution in [0.5, 0.6) is 0 Å². The second-order valence-electron chi connectivity index (χ2n) is 3.68. The second-order valence-corrected chi connectivity index (χ2v) is 4.59. The highest BCUT2D eigenvalue weighted by atomic mass is 32.2. The Morgan fingerprint density at radius 1 is 1.62 bits per heavy atom. The first kappa shape index (κ1) is 13.0. The van der Waals surface area contributed by atoms with E-state index in [1.165, 1.54) is 0 Å². The van der Waals surface area contributed by atoms with Crippen LogP contribution in [-0.4, -0.2) is 51.1 Å². The second kappa shape index (κ2) is 5.89. The number of amides is 1. The van der Waals surface area contributed by atoms with E-state index in [4.69, 9.17) is 0 Å². The van der Waals surface area contributed by atoms with Crippen LogP contribution in [0.1, 0.15) is 30.3 Å². The Hall–Kier alpha value is -1.04. The van der Waals surface area contributed by atoms with Gasteiger partial charge in [-0.25, -0.2) is 4.98 Å². The predicted octanol–water partition coefficient (Wildman–Crippen LogP) is 1.19. The summed E-state index contributed by atoms with van der Waals surface area (Å²) < 4.78 is 0. The molecule has 90 valence electrons. The first-order chi connectivity index (χ1) is 7.60. The van der Waals surface area contributed by atoms with Crippen LogP contribution in [0.3, 0.4) is 0 Å². The van der Waals surface area contributed by atoms with E-state index in [2.05, 4.69) is 15.2 Å². The number of carbonyl (C=O) groups excluding carboxylic acids is 1. The fourth-order valence-electron chi connectivity index (χ4n) is 1.26. The van der Waals surface area contributed by atoms with E-state index < -0.39 is 0 Å². The molecule has 1 atom stereocenters. The van der Waals surface area contributed by atoms with E-state index >= 15 is 0 Å². The van der Waals surface area contributed by atoms with Crippen LogP contribution in [-0.2, 0) is 6.42 Å². The van der Waals surface area contributed by atoms with E-state index in [0.717, 1.165) is 18.0 Å². The number of nitrogens with one attached hydrogen (secondary N) is 1. The van der Waals surface area contributed by atoms with Gasteiger partial charge in [0.15, 0.2) is 0 Å². The van der Waals surface area contributed by atoms with Gasteiger partial charge in [0, 0.05) is 25.3 Å². The third-order valence-electron chi connectivity index (χ3n) is 2.45. The summed E-state index contributed by atoms with van der Waals surface area (Å²) in [6.07, 6.45) is 2.78. The molecule has 0 bridgehead atoms. The molecule has 1 rings (SSSR count). The van der Waals surface area contributed by atoms with Crippen molar-refractivity contribution in [1.82, 2.24) is 20.1 Å². The first-order valence-electron chi connectivity index (χ1n) is 5.27. The molecule has 1 aromatic rings. The van der Waals surface area contributed by atoms with Gasteiger partial charge in [-0.1, -0.05) is 6.92 Å². The Morgan fingerprint density at radius 2 is 2.31 bits per heavy atom. The molecule has 5 nitrogen and oxygen atoms in total. The molecule has 1 unspecified atom stereocenters. The number of H-pyrrole nitrogens is 1. The maximum atomic E-state index is 12.0. The van der Waals surface area contributed by atoms with E-state index in [1.807, 2.05) is 20.1 Å². The summed E-state index contributed by atoms with van der Waals surface area (Å²) in [5, 5.41) is 6.66. The Labute approximate surface area is 100 Å². The van der Waals surface area contributed by atoms with Gasteiger partial charge < -0.3 is 4.90 Å². The van der Waals surface area contributed by atoms with Gasteiger partial charge >= 0.3 is 0 Å². The molecule has 0 fully saturated rings. The Morgan fingerprint density at radius 3 is 2.81 bits per heavy atom. The van der Waals surface area contributed by atoms with Crippen molar-refractivity contribution in [3.05, 3.63) is 11.6 Å². The lowest BCUT2D eigenvalue weighted by Gasteiger charge is -2.22. The quantitative estimate of drug-likeness (QED) is 0.842. The third kappa shape index (κ3) is 2.98. The molecule has 0 aliphatic carbocycles. The monoisotopic (exact) mass is 242 g/mol. The number of aromatic amines is 1. The van der Waals surface area contributed by atoms with Crippen LogP contribution in [0.2, 0.25) is 0 Å². The van der Waals surface area contributed by atoms with Crippen LogP contribution in [0.4, 0.5) is 0 Å². The lowest BCUT2D eigenvalue weighted by Crippen LogP contribution is -2.37. The zero-order valence-electron chi connectivity index (χ0n) is 10.1. The van der Waals surface area contributed by atoms with E-state index in [0.29, 0.717) is 0 Å². The number of hydrogen-bond acceptors (Lipinski definition) is 4. The molecule has 0 aliphatic rings. The fraction of sp³-hybridized carbons (Fsp3) is 0.700. The Kier molecular flexibility index (Phi) is 4.79. The maximum Gasteiger partial charge on any atom is 0.293 e. The summed E-state index contributed by atoms with van der Waals surface area (Å²) >= 11 is 1.72. The van der Waals surface area contributed by atoms with Crippen molar-refractivity contribution in [2.45, 2.75) is 26.3 Å². The van der Waals surface area contributed by atoms with Crippen molar-refractivity contribution in [3.63, 3.8) is 0 Å². The summed E-state index contributed by atoms with van der Waals surface area (Å²) in [5.74, 6) is 1.78. The Bertz CT molecular complexity index is 352. The number of aryl methyl sites for hydroxylation is 1. The van der Waals surface area contributed by atoms with Gasteiger partial charge in [0.05, 0.1) is 0 Å². The van der Waals surface area contributed by atoms with Gasteiger partial charge in [-0.3, -0.25) is 9.89 Å². The van der Waals surface area contributed by atoms with Crippen molar-refractivity contribution < 1.29 is 4.79 Å². The predicted molar refractivity (Wildman–Crippen MR) is 65.7 cm³/mol. The van der Waals surface area contributed by atoms with Gasteiger partial charge in [0.1, 0.15) is 5.82 Å². The molecule has 0 radical (unpaired) electrons. The number of rotatable bonds is 5. The van der Waals surface area contributed by atoms with Gasteiger partial charge in [-0.2, -0.15) is 11.8 Å². The van der Waals surface area contributed by atoms with E-state index in [-0.39, 0.29) is 17.8 Å². The van der Waals surface area contributed by atoms with Crippen molar-refractivity contribution in [1.29, 1.82) is 0 Å². The molecule has 1 amide bonds. The highest BCUT2D eigenvalue weighted by Crippen LogP contribution is 2.07. The summed E-state index contributed by atoms with van der Waals surface area (Å²) in [5.41, 5.74) is 0. The van der Waals surface area contributed by atoms with Crippen molar-refractivity contribution in [2.75, 3.05) is 19.1 Å². The Balaban J connectivity index is 2.69. The fourth-order valence-corrected chi connectivity index (χ4v) is 1.97. The average molecular weight is 242 g/mol. The van der Waals surface area contributed by atoms with Crippen LogP contribution in [0.15, 0.2) is 0 Å². The summed E-state index contributed by atoms with van der Waals surface area (Å²) in [6.45, 7) is 3.98. The third-order valence-corrected chi connectivity index (χ3v) is 3.26. The van der Waals surface area contributed by atoms with Crippen LogP contribution >= 0.6 is 11.8 Å². The molecule has 6 heteroatoms. The van der Waals surface area contributed by atoms with Gasteiger partial charge in [-0.15, -0.1) is 5.10 Å². The number of carbonyl (C=O) groups is 1. The van der Waals surface area contributed by atoms with E-state index in [9.17, 15) is 4.79 Å². The van der Waals surface area contributed by atoms with Crippen LogP contribution in [0, 0.1) is 0 Å². The minimum absolute atomic E-state index is 0.127. The molecule has 0 spiro atoms. The molecule has 0 saturated carbocycles. The van der Waals surface area contributed by atoms with E-state index in [1.54, 1.807) is 23.7 Å². The van der Waals surface area contributed by atoms with Crippen LogP contribution < -0.4 is 0 Å². The van der Waals surface area contributed by atoms with Crippen molar-refractivity contribution >= 4 is 17.7 Å². The molecular weight excluding hydrogens is 224 g/mol. The molecule has 1 N–H and O–H groups in total. The minimum atomic E-state index is -0.127. The molecule has 0 aromatic carbocycles. The first-order valence-corrected chi connectivity index (χ1v) is 6.66. The molecule has 16 heavy (non-hydrogen) atoms. The number of aromatic nitrogens is 3. The smallest absolute Gasteiger partial charge is 0.293 e. The lowest BCUT2D eigenvalue weighted by molar-refractivity contribution is 0.0745. The molecule has 0 saturated heterocycles. The number of nitrogens with zero attached hydrogens (tertiary/aromatic N) is 3. The van der Waals surface area contributed by atoms with Gasteiger partial charge in [0.2, 0.25) is 5.82 Å². The number of hydrogen-bond donors (Lipinski definition) is 1. The molecular formula is C10H18N4OS. The maximum absolute atomic E-state index is 12.0. The molecule has 1 aromatic heterocycles. The molecule has 1 heterocycles. The molecule has 0 aliphatic heterocycles. The zero-order chi connectivity index (χ0) is 12.1. The summed E-state index contributed by atoms with van der Waals surface area (Å²) in [6, 6.07) is 0.186. The standard InChI is InChI=1S/C10H18N4OS/c1-5-8-11-9(13-12-8)10(15)14(3)7(2)6-16-4/h7H,5-6H2,1-4H3,(H,11,12,13). The van der Waals surface area contributed by atoms with Crippen LogP contribution in [0.25, 0.3) is 0 Å².